The molecule has 0 aliphatic heterocycles. The first-order valence-electron chi connectivity index (χ1n) is 8.07. The van der Waals surface area contributed by atoms with Gasteiger partial charge in [0.1, 0.15) is 11.5 Å². The van der Waals surface area contributed by atoms with Crippen molar-refractivity contribution in [3.8, 4) is 11.3 Å². The molecular formula is C18H12F3N5OS. The number of rotatable bonds is 3. The van der Waals surface area contributed by atoms with E-state index in [1.807, 2.05) is 0 Å². The lowest BCUT2D eigenvalue weighted by atomic mass is 10.1. The third kappa shape index (κ3) is 3.46. The maximum atomic E-state index is 13.0. The topological polar surface area (TPSA) is 72.2 Å². The quantitative estimate of drug-likeness (QED) is 0.549. The zero-order valence-corrected chi connectivity index (χ0v) is 15.2. The van der Waals surface area contributed by atoms with Gasteiger partial charge in [-0.2, -0.15) is 22.8 Å². The van der Waals surface area contributed by atoms with Gasteiger partial charge in [0.05, 0.1) is 16.3 Å². The molecule has 142 valence electrons. The number of nitrogens with one attached hydrogen (secondary N) is 1. The molecule has 6 nitrogen and oxygen atoms in total. The van der Waals surface area contributed by atoms with Gasteiger partial charge in [0.15, 0.2) is 5.65 Å². The van der Waals surface area contributed by atoms with Gasteiger partial charge in [-0.1, -0.05) is 12.1 Å². The molecule has 0 radical (unpaired) electrons. The van der Waals surface area contributed by atoms with Crippen molar-refractivity contribution in [2.24, 2.45) is 0 Å². The largest absolute Gasteiger partial charge is 0.416 e. The monoisotopic (exact) mass is 403 g/mol. The van der Waals surface area contributed by atoms with Crippen LogP contribution in [0.25, 0.3) is 16.9 Å². The van der Waals surface area contributed by atoms with Crippen molar-refractivity contribution in [2.45, 2.75) is 13.1 Å². The molecule has 0 bridgehead atoms. The van der Waals surface area contributed by atoms with Crippen LogP contribution in [0.2, 0.25) is 0 Å². The Balaban J connectivity index is 1.70. The molecule has 0 aliphatic rings. The summed E-state index contributed by atoms with van der Waals surface area (Å²) in [6, 6.07) is 7.98. The highest BCUT2D eigenvalue weighted by Gasteiger charge is 2.30. The van der Waals surface area contributed by atoms with Crippen LogP contribution in [0.1, 0.15) is 21.1 Å². The number of hydrogen-bond acceptors (Lipinski definition) is 5. The van der Waals surface area contributed by atoms with Gasteiger partial charge in [0.25, 0.3) is 5.91 Å². The summed E-state index contributed by atoms with van der Waals surface area (Å²) in [4.78, 5) is 20.6. The van der Waals surface area contributed by atoms with Crippen LogP contribution in [0.15, 0.2) is 48.0 Å². The van der Waals surface area contributed by atoms with Crippen molar-refractivity contribution >= 4 is 28.7 Å². The molecule has 0 fully saturated rings. The number of thiazole rings is 1. The summed E-state index contributed by atoms with van der Waals surface area (Å²) in [6.45, 7) is 1.79. The van der Waals surface area contributed by atoms with Gasteiger partial charge in [0.2, 0.25) is 0 Å². The van der Waals surface area contributed by atoms with Crippen molar-refractivity contribution < 1.29 is 18.0 Å². The summed E-state index contributed by atoms with van der Waals surface area (Å²) in [6.07, 6.45) is -2.97. The van der Waals surface area contributed by atoms with E-state index >= 15 is 0 Å². The molecule has 0 saturated heterocycles. The fourth-order valence-electron chi connectivity index (χ4n) is 2.63. The molecule has 28 heavy (non-hydrogen) atoms. The minimum absolute atomic E-state index is 0.276. The van der Waals surface area contributed by atoms with E-state index in [0.29, 0.717) is 22.7 Å². The number of fused-ring (bicyclic) bond motifs is 1. The van der Waals surface area contributed by atoms with Crippen LogP contribution < -0.4 is 5.32 Å². The molecule has 4 aromatic rings. The first-order chi connectivity index (χ1) is 13.3. The maximum absolute atomic E-state index is 13.0. The summed E-state index contributed by atoms with van der Waals surface area (Å²) < 4.78 is 40.3. The molecule has 10 heteroatoms. The van der Waals surface area contributed by atoms with Crippen LogP contribution in [0.5, 0.6) is 0 Å². The number of hydrogen-bond donors (Lipinski definition) is 1. The van der Waals surface area contributed by atoms with Gasteiger partial charge < -0.3 is 5.32 Å². The maximum Gasteiger partial charge on any atom is 0.416 e. The van der Waals surface area contributed by atoms with Gasteiger partial charge in [-0.05, 0) is 25.1 Å². The highest BCUT2D eigenvalue weighted by Crippen LogP contribution is 2.32. The number of anilines is 1. The van der Waals surface area contributed by atoms with Crippen LogP contribution in [0.3, 0.4) is 0 Å². The zero-order chi connectivity index (χ0) is 19.9. The molecule has 0 atom stereocenters. The smallest absolute Gasteiger partial charge is 0.305 e. The molecule has 1 amide bonds. The van der Waals surface area contributed by atoms with E-state index in [0.717, 1.165) is 17.1 Å². The van der Waals surface area contributed by atoms with Crippen molar-refractivity contribution in [1.82, 2.24) is 19.6 Å². The summed E-state index contributed by atoms with van der Waals surface area (Å²) in [5.41, 5.74) is 0.511. The third-order valence-electron chi connectivity index (χ3n) is 3.94. The number of nitrogens with zero attached hydrogens (tertiary/aromatic N) is 4. The predicted octanol–water partition coefficient (Wildman–Crippen LogP) is 4.43. The van der Waals surface area contributed by atoms with E-state index in [1.165, 1.54) is 34.2 Å². The molecule has 0 spiro atoms. The number of aromatic nitrogens is 4. The minimum Gasteiger partial charge on any atom is -0.305 e. The lowest BCUT2D eigenvalue weighted by Crippen LogP contribution is -2.15. The van der Waals surface area contributed by atoms with Crippen LogP contribution in [0, 0.1) is 6.92 Å². The highest BCUT2D eigenvalue weighted by molar-refractivity contribution is 7.09. The van der Waals surface area contributed by atoms with Crippen LogP contribution in [-0.2, 0) is 6.18 Å². The van der Waals surface area contributed by atoms with Crippen molar-refractivity contribution in [3.63, 3.8) is 0 Å². The van der Waals surface area contributed by atoms with Crippen LogP contribution in [0.4, 0.5) is 19.0 Å². The summed E-state index contributed by atoms with van der Waals surface area (Å²) >= 11 is 1.35. The second kappa shape index (κ2) is 6.71. The standard InChI is InChI=1S/C18H12F3N5OS/c1-10-23-14(9-28-10)17(27)24-15-5-6-22-16-8-13(25-26(15)16)11-3-2-4-12(7-11)18(19,20)21/h2-9H,1H3,(H,24,27). The van der Waals surface area contributed by atoms with E-state index in [1.54, 1.807) is 24.4 Å². The average Bonchev–Trinajstić information content (AvgIpc) is 3.28. The number of alkyl halides is 3. The number of carbonyl (C=O) groups is 1. The van der Waals surface area contributed by atoms with Crippen LogP contribution >= 0.6 is 11.3 Å². The van der Waals surface area contributed by atoms with Gasteiger partial charge in [-0.25, -0.2) is 9.97 Å². The number of aryl methyl sites for hydroxylation is 1. The fourth-order valence-corrected chi connectivity index (χ4v) is 3.23. The van der Waals surface area contributed by atoms with Crippen molar-refractivity contribution in [2.75, 3.05) is 5.32 Å². The highest BCUT2D eigenvalue weighted by atomic mass is 32.1. The first kappa shape index (κ1) is 18.1. The average molecular weight is 403 g/mol. The molecule has 1 N–H and O–H groups in total. The minimum atomic E-state index is -4.45. The Morgan fingerprint density at radius 2 is 2.04 bits per heavy atom. The zero-order valence-electron chi connectivity index (χ0n) is 14.4. The van der Waals surface area contributed by atoms with Gasteiger partial charge in [-0.15, -0.1) is 11.3 Å². The normalized spacial score (nSPS) is 11.7. The van der Waals surface area contributed by atoms with E-state index < -0.39 is 17.6 Å². The van der Waals surface area contributed by atoms with Gasteiger partial charge >= 0.3 is 6.18 Å². The second-order valence-corrected chi connectivity index (χ2v) is 6.98. The molecule has 3 aromatic heterocycles. The number of amides is 1. The summed E-state index contributed by atoms with van der Waals surface area (Å²) in [5.74, 6) is -0.0770. The van der Waals surface area contributed by atoms with Gasteiger partial charge in [-0.3, -0.25) is 4.79 Å². The second-order valence-electron chi connectivity index (χ2n) is 5.91. The Kier molecular flexibility index (Phi) is 4.34. The van der Waals surface area contributed by atoms with E-state index in [-0.39, 0.29) is 5.69 Å². The van der Waals surface area contributed by atoms with Gasteiger partial charge in [0, 0.05) is 23.2 Å². The summed E-state index contributed by atoms with van der Waals surface area (Å²) in [7, 11) is 0. The number of halogens is 3. The van der Waals surface area contributed by atoms with E-state index in [4.69, 9.17) is 0 Å². The van der Waals surface area contributed by atoms with E-state index in [9.17, 15) is 18.0 Å². The number of carbonyl (C=O) groups excluding carboxylic acids is 1. The SMILES string of the molecule is Cc1nc(C(=O)Nc2ccnc3cc(-c4cccc(C(F)(F)F)c4)nn23)cs1. The Labute approximate surface area is 160 Å². The first-order valence-corrected chi connectivity index (χ1v) is 8.95. The molecular weight excluding hydrogens is 391 g/mol. The molecule has 0 aliphatic carbocycles. The summed E-state index contributed by atoms with van der Waals surface area (Å²) in [5, 5.41) is 9.41. The molecule has 1 aromatic carbocycles. The van der Waals surface area contributed by atoms with Crippen molar-refractivity contribution in [3.05, 3.63) is 64.2 Å². The molecule has 3 heterocycles. The Morgan fingerprint density at radius 1 is 1.21 bits per heavy atom. The van der Waals surface area contributed by atoms with Crippen molar-refractivity contribution in [1.29, 1.82) is 0 Å². The Morgan fingerprint density at radius 3 is 2.75 bits per heavy atom. The third-order valence-corrected chi connectivity index (χ3v) is 4.71. The fraction of sp³-hybridized carbons (Fsp3) is 0.111. The Hall–Kier alpha value is -3.27. The van der Waals surface area contributed by atoms with Crippen LogP contribution in [-0.4, -0.2) is 25.5 Å². The molecule has 0 unspecified atom stereocenters. The Bertz CT molecular complexity index is 1180. The number of benzene rings is 1. The molecule has 4 rings (SSSR count). The predicted molar refractivity (Wildman–Crippen MR) is 98.2 cm³/mol. The molecule has 0 saturated carbocycles. The van der Waals surface area contributed by atoms with E-state index in [2.05, 4.69) is 20.4 Å². The lowest BCUT2D eigenvalue weighted by Gasteiger charge is -2.07. The lowest BCUT2D eigenvalue weighted by molar-refractivity contribution is -0.137.